The van der Waals surface area contributed by atoms with Crippen LogP contribution in [0.3, 0.4) is 0 Å². The predicted octanol–water partition coefficient (Wildman–Crippen LogP) is 0.0523. The summed E-state index contributed by atoms with van der Waals surface area (Å²) in [6, 6.07) is 0.592. The van der Waals surface area contributed by atoms with E-state index >= 15 is 0 Å². The Morgan fingerprint density at radius 1 is 1.43 bits per heavy atom. The normalized spacial score (nSPS) is 11.0. The van der Waals surface area contributed by atoms with Crippen molar-refractivity contribution in [1.29, 1.82) is 0 Å². The van der Waals surface area contributed by atoms with Crippen LogP contribution in [-0.4, -0.2) is 50.6 Å². The molecule has 4 nitrogen and oxygen atoms in total. The number of hydrogen-bond acceptors (Lipinski definition) is 3. The van der Waals surface area contributed by atoms with E-state index in [9.17, 15) is 4.79 Å². The average molecular weight is 201 g/mol. The van der Waals surface area contributed by atoms with Crippen LogP contribution in [-0.2, 0) is 4.79 Å². The molecule has 0 aliphatic carbocycles. The van der Waals surface area contributed by atoms with Crippen molar-refractivity contribution in [3.05, 3.63) is 0 Å². The van der Waals surface area contributed by atoms with Crippen LogP contribution in [0.1, 0.15) is 20.3 Å². The zero-order valence-corrected chi connectivity index (χ0v) is 9.76. The van der Waals surface area contributed by atoms with Crippen LogP contribution in [0.2, 0.25) is 0 Å². The molecule has 0 radical (unpaired) electrons. The van der Waals surface area contributed by atoms with Gasteiger partial charge >= 0.3 is 0 Å². The number of hydrogen-bond donors (Lipinski definition) is 2. The van der Waals surface area contributed by atoms with E-state index in [1.807, 2.05) is 0 Å². The molecule has 14 heavy (non-hydrogen) atoms. The van der Waals surface area contributed by atoms with Gasteiger partial charge < -0.3 is 15.5 Å². The van der Waals surface area contributed by atoms with Gasteiger partial charge in [-0.25, -0.2) is 0 Å². The summed E-state index contributed by atoms with van der Waals surface area (Å²) in [4.78, 5) is 13.1. The van der Waals surface area contributed by atoms with Gasteiger partial charge in [-0.2, -0.15) is 0 Å². The Hall–Kier alpha value is -0.610. The molecule has 0 saturated carbocycles. The van der Waals surface area contributed by atoms with Gasteiger partial charge in [-0.15, -0.1) is 0 Å². The summed E-state index contributed by atoms with van der Waals surface area (Å²) >= 11 is 0. The Morgan fingerprint density at radius 3 is 2.57 bits per heavy atom. The minimum absolute atomic E-state index is 0.0437. The molecular formula is C10H23N3O. The minimum Gasteiger partial charge on any atom is -0.358 e. The molecule has 84 valence electrons. The second-order valence-electron chi connectivity index (χ2n) is 3.78. The van der Waals surface area contributed by atoms with Gasteiger partial charge in [-0.05, 0) is 40.4 Å². The molecule has 0 unspecified atom stereocenters. The Balaban J connectivity index is 3.25. The predicted molar refractivity (Wildman–Crippen MR) is 59.3 cm³/mol. The summed E-state index contributed by atoms with van der Waals surface area (Å²) in [6.07, 6.45) is 1.08. The molecule has 0 aliphatic rings. The fourth-order valence-electron chi connectivity index (χ4n) is 1.00. The van der Waals surface area contributed by atoms with E-state index in [1.165, 1.54) is 0 Å². The molecule has 0 rings (SSSR count). The van der Waals surface area contributed by atoms with Gasteiger partial charge in [0.25, 0.3) is 0 Å². The third-order valence-electron chi connectivity index (χ3n) is 2.31. The first-order valence-electron chi connectivity index (χ1n) is 5.19. The summed E-state index contributed by atoms with van der Waals surface area (Å²) in [5.41, 5.74) is 0. The lowest BCUT2D eigenvalue weighted by Gasteiger charge is -2.20. The summed E-state index contributed by atoms with van der Waals surface area (Å²) in [7, 11) is 3.76. The van der Waals surface area contributed by atoms with Crippen LogP contribution in [0.25, 0.3) is 0 Å². The highest BCUT2D eigenvalue weighted by molar-refractivity contribution is 5.77. The minimum atomic E-state index is 0.0437. The first-order chi connectivity index (χ1) is 6.57. The van der Waals surface area contributed by atoms with E-state index in [-0.39, 0.29) is 5.91 Å². The maximum absolute atomic E-state index is 10.8. The van der Waals surface area contributed by atoms with Crippen molar-refractivity contribution in [3.63, 3.8) is 0 Å². The van der Waals surface area contributed by atoms with Crippen molar-refractivity contribution in [2.24, 2.45) is 0 Å². The van der Waals surface area contributed by atoms with E-state index in [0.717, 1.165) is 19.5 Å². The quantitative estimate of drug-likeness (QED) is 0.572. The highest BCUT2D eigenvalue weighted by atomic mass is 16.1. The number of nitrogens with one attached hydrogen (secondary N) is 2. The molecule has 2 N–H and O–H groups in total. The van der Waals surface area contributed by atoms with Crippen LogP contribution in [0.15, 0.2) is 0 Å². The zero-order chi connectivity index (χ0) is 11.0. The van der Waals surface area contributed by atoms with Crippen molar-refractivity contribution in [1.82, 2.24) is 15.5 Å². The van der Waals surface area contributed by atoms with Crippen molar-refractivity contribution in [3.8, 4) is 0 Å². The third kappa shape index (κ3) is 6.86. The van der Waals surface area contributed by atoms with E-state index < -0.39 is 0 Å². The number of nitrogens with zero attached hydrogens (tertiary/aromatic N) is 1. The van der Waals surface area contributed by atoms with Gasteiger partial charge in [0, 0.05) is 13.1 Å². The van der Waals surface area contributed by atoms with Gasteiger partial charge in [0.2, 0.25) is 5.91 Å². The Bertz CT molecular complexity index is 159. The van der Waals surface area contributed by atoms with E-state index in [4.69, 9.17) is 0 Å². The molecule has 0 bridgehead atoms. The van der Waals surface area contributed by atoms with Gasteiger partial charge in [0.15, 0.2) is 0 Å². The third-order valence-corrected chi connectivity index (χ3v) is 2.31. The number of amides is 1. The van der Waals surface area contributed by atoms with E-state index in [0.29, 0.717) is 12.6 Å². The molecule has 0 atom stereocenters. The molecule has 0 aromatic rings. The monoisotopic (exact) mass is 201 g/mol. The van der Waals surface area contributed by atoms with Crippen LogP contribution in [0, 0.1) is 0 Å². The number of likely N-dealkylation sites (N-methyl/N-ethyl adjacent to an activating group) is 1. The molecule has 0 spiro atoms. The van der Waals surface area contributed by atoms with Gasteiger partial charge in [0.05, 0.1) is 6.54 Å². The molecule has 0 fully saturated rings. The van der Waals surface area contributed by atoms with Gasteiger partial charge in [-0.1, -0.05) is 0 Å². The van der Waals surface area contributed by atoms with Crippen LogP contribution < -0.4 is 10.6 Å². The maximum Gasteiger partial charge on any atom is 0.233 e. The second-order valence-corrected chi connectivity index (χ2v) is 3.78. The number of carbonyl (C=O) groups excluding carboxylic acids is 1. The van der Waals surface area contributed by atoms with Crippen molar-refractivity contribution >= 4 is 5.91 Å². The number of carbonyl (C=O) groups is 1. The SMILES string of the molecule is CNC(=O)CNCCCN(C)C(C)C. The summed E-state index contributed by atoms with van der Waals surface area (Å²) in [5.74, 6) is 0.0437. The second kappa shape index (κ2) is 7.76. The molecule has 0 saturated heterocycles. The lowest BCUT2D eigenvalue weighted by molar-refractivity contribution is -0.119. The van der Waals surface area contributed by atoms with E-state index in [1.54, 1.807) is 7.05 Å². The average Bonchev–Trinajstić information content (AvgIpc) is 2.16. The first kappa shape index (κ1) is 13.4. The zero-order valence-electron chi connectivity index (χ0n) is 9.76. The lowest BCUT2D eigenvalue weighted by atomic mass is 10.3. The molecule has 4 heteroatoms. The smallest absolute Gasteiger partial charge is 0.233 e. The molecular weight excluding hydrogens is 178 g/mol. The number of rotatable bonds is 7. The molecule has 0 heterocycles. The topological polar surface area (TPSA) is 44.4 Å². The fourth-order valence-corrected chi connectivity index (χ4v) is 1.00. The van der Waals surface area contributed by atoms with E-state index in [2.05, 4.69) is 36.4 Å². The van der Waals surface area contributed by atoms with Gasteiger partial charge in [0.1, 0.15) is 0 Å². The highest BCUT2D eigenvalue weighted by Crippen LogP contribution is 1.93. The fraction of sp³-hybridized carbons (Fsp3) is 0.900. The van der Waals surface area contributed by atoms with Crippen molar-refractivity contribution in [2.75, 3.05) is 33.7 Å². The maximum atomic E-state index is 10.8. The van der Waals surface area contributed by atoms with Crippen molar-refractivity contribution < 1.29 is 4.79 Å². The Labute approximate surface area is 87.0 Å². The molecule has 0 aromatic carbocycles. The summed E-state index contributed by atoms with van der Waals surface area (Å²) in [6.45, 7) is 6.74. The van der Waals surface area contributed by atoms with Gasteiger partial charge in [-0.3, -0.25) is 4.79 Å². The van der Waals surface area contributed by atoms with Crippen LogP contribution in [0.5, 0.6) is 0 Å². The van der Waals surface area contributed by atoms with Crippen molar-refractivity contribution in [2.45, 2.75) is 26.3 Å². The highest BCUT2D eigenvalue weighted by Gasteiger charge is 2.02. The van der Waals surface area contributed by atoms with Crippen LogP contribution in [0.4, 0.5) is 0 Å². The Morgan fingerprint density at radius 2 is 2.07 bits per heavy atom. The summed E-state index contributed by atoms with van der Waals surface area (Å²) in [5, 5.41) is 5.66. The molecule has 0 aliphatic heterocycles. The lowest BCUT2D eigenvalue weighted by Crippen LogP contribution is -2.34. The molecule has 1 amide bonds. The standard InChI is InChI=1S/C10H23N3O/c1-9(2)13(4)7-5-6-12-8-10(14)11-3/h9,12H,5-8H2,1-4H3,(H,11,14). The van der Waals surface area contributed by atoms with Crippen LogP contribution >= 0.6 is 0 Å². The molecule has 0 aromatic heterocycles. The summed E-state index contributed by atoms with van der Waals surface area (Å²) < 4.78 is 0. The first-order valence-corrected chi connectivity index (χ1v) is 5.19. The largest absolute Gasteiger partial charge is 0.358 e. The Kier molecular flexibility index (Phi) is 7.42.